The SMILES string of the molecule is CCCCCCCN(CCN(CCCCCCC)[S+]([O-])c1ccc(O)c(O)c1)Sc1ccc(O)c(O)c1. The minimum atomic E-state index is -1.47. The number of rotatable bonds is 19. The fourth-order valence-electron chi connectivity index (χ4n) is 3.96. The summed E-state index contributed by atoms with van der Waals surface area (Å²) in [5.41, 5.74) is 0. The fourth-order valence-corrected chi connectivity index (χ4v) is 6.18. The number of hydrogen-bond acceptors (Lipinski definition) is 8. The first kappa shape index (κ1) is 31.4. The molecule has 0 aliphatic carbocycles. The molecule has 2 rings (SSSR count). The minimum Gasteiger partial charge on any atom is -0.593 e. The molecular weight excluding hydrogens is 508 g/mol. The smallest absolute Gasteiger partial charge is 0.178 e. The molecule has 9 heteroatoms. The molecule has 0 heterocycles. The monoisotopic (exact) mass is 552 g/mol. The van der Waals surface area contributed by atoms with Crippen LogP contribution in [0.25, 0.3) is 0 Å². The van der Waals surface area contributed by atoms with Crippen LogP contribution in [0.5, 0.6) is 23.0 Å². The highest BCUT2D eigenvalue weighted by Gasteiger charge is 2.24. The molecule has 0 radical (unpaired) electrons. The van der Waals surface area contributed by atoms with Gasteiger partial charge in [0.2, 0.25) is 0 Å². The van der Waals surface area contributed by atoms with E-state index in [1.54, 1.807) is 18.2 Å². The van der Waals surface area contributed by atoms with E-state index in [-0.39, 0.29) is 23.0 Å². The van der Waals surface area contributed by atoms with Crippen molar-refractivity contribution in [2.45, 2.75) is 87.8 Å². The van der Waals surface area contributed by atoms with Crippen LogP contribution in [0.1, 0.15) is 78.1 Å². The van der Waals surface area contributed by atoms with Crippen LogP contribution in [0.3, 0.4) is 0 Å². The number of phenols is 4. The summed E-state index contributed by atoms with van der Waals surface area (Å²) in [5.74, 6) is -0.785. The number of aromatic hydroxyl groups is 4. The molecule has 0 aromatic heterocycles. The summed E-state index contributed by atoms with van der Waals surface area (Å²) < 4.78 is 17.6. The van der Waals surface area contributed by atoms with Crippen molar-refractivity contribution >= 4 is 23.3 Å². The van der Waals surface area contributed by atoms with Crippen molar-refractivity contribution in [1.82, 2.24) is 8.61 Å². The molecule has 0 aliphatic heterocycles. The summed E-state index contributed by atoms with van der Waals surface area (Å²) in [5, 5.41) is 39.2. The fraction of sp³-hybridized carbons (Fsp3) is 0.571. The number of phenolic OH excluding ortho intramolecular Hbond substituents is 4. The first-order chi connectivity index (χ1) is 17.8. The number of nitrogens with zero attached hydrogens (tertiary/aromatic N) is 2. The normalized spacial score (nSPS) is 12.5. The summed E-state index contributed by atoms with van der Waals surface area (Å²) in [4.78, 5) is 1.30. The van der Waals surface area contributed by atoms with Gasteiger partial charge >= 0.3 is 0 Å². The third-order valence-corrected chi connectivity index (χ3v) is 8.76. The summed E-state index contributed by atoms with van der Waals surface area (Å²) in [6.45, 7) is 7.13. The van der Waals surface area contributed by atoms with E-state index in [1.807, 2.05) is 4.31 Å². The second-order valence-electron chi connectivity index (χ2n) is 9.33. The topological polar surface area (TPSA) is 110 Å². The van der Waals surface area contributed by atoms with Crippen molar-refractivity contribution in [3.8, 4) is 23.0 Å². The second kappa shape index (κ2) is 17.7. The van der Waals surface area contributed by atoms with Gasteiger partial charge in [-0.2, -0.15) is 0 Å². The summed E-state index contributed by atoms with van der Waals surface area (Å²) in [6, 6.07) is 9.17. The maximum atomic E-state index is 13.5. The van der Waals surface area contributed by atoms with Crippen molar-refractivity contribution in [3.63, 3.8) is 0 Å². The van der Waals surface area contributed by atoms with Crippen LogP contribution >= 0.6 is 11.9 Å². The van der Waals surface area contributed by atoms with E-state index in [4.69, 9.17) is 0 Å². The van der Waals surface area contributed by atoms with Crippen LogP contribution in [-0.4, -0.2) is 59.8 Å². The van der Waals surface area contributed by atoms with E-state index >= 15 is 0 Å². The zero-order chi connectivity index (χ0) is 27.0. The summed E-state index contributed by atoms with van der Waals surface area (Å²) in [7, 11) is 0. The first-order valence-electron chi connectivity index (χ1n) is 13.5. The van der Waals surface area contributed by atoms with E-state index in [0.29, 0.717) is 24.5 Å². The Balaban J connectivity index is 2.10. The summed E-state index contributed by atoms with van der Waals surface area (Å²) >= 11 is 0.0544. The Morgan fingerprint density at radius 1 is 0.649 bits per heavy atom. The molecule has 7 nitrogen and oxygen atoms in total. The van der Waals surface area contributed by atoms with E-state index in [0.717, 1.165) is 43.5 Å². The zero-order valence-corrected chi connectivity index (χ0v) is 23.9. The van der Waals surface area contributed by atoms with Crippen LogP contribution in [0.4, 0.5) is 0 Å². The van der Waals surface area contributed by atoms with Crippen LogP contribution < -0.4 is 0 Å². The van der Waals surface area contributed by atoms with Gasteiger partial charge in [-0.15, -0.1) is 4.31 Å². The average Bonchev–Trinajstić information content (AvgIpc) is 2.88. The molecule has 2 aromatic rings. The zero-order valence-electron chi connectivity index (χ0n) is 22.3. The van der Waals surface area contributed by atoms with Crippen molar-refractivity contribution < 1.29 is 25.0 Å². The summed E-state index contributed by atoms with van der Waals surface area (Å²) in [6.07, 6.45) is 11.3. The van der Waals surface area contributed by atoms with Crippen molar-refractivity contribution in [2.24, 2.45) is 0 Å². The van der Waals surface area contributed by atoms with E-state index in [9.17, 15) is 25.0 Å². The van der Waals surface area contributed by atoms with Crippen LogP contribution in [-0.2, 0) is 11.4 Å². The Kier molecular flexibility index (Phi) is 15.0. The van der Waals surface area contributed by atoms with Crippen LogP contribution in [0.2, 0.25) is 0 Å². The van der Waals surface area contributed by atoms with Crippen molar-refractivity contribution in [2.75, 3.05) is 26.2 Å². The highest BCUT2D eigenvalue weighted by Crippen LogP contribution is 2.32. The highest BCUT2D eigenvalue weighted by atomic mass is 32.2. The molecule has 0 spiro atoms. The Hall–Kier alpha value is -1.78. The predicted molar refractivity (Wildman–Crippen MR) is 152 cm³/mol. The molecule has 0 saturated heterocycles. The average molecular weight is 553 g/mol. The van der Waals surface area contributed by atoms with Gasteiger partial charge in [0.1, 0.15) is 0 Å². The quantitative estimate of drug-likeness (QED) is 0.0653. The molecule has 208 valence electrons. The number of unbranched alkanes of at least 4 members (excludes halogenated alkanes) is 8. The molecule has 2 aromatic carbocycles. The van der Waals surface area contributed by atoms with Crippen LogP contribution in [0, 0.1) is 0 Å². The Labute approximate surface area is 230 Å². The largest absolute Gasteiger partial charge is 0.593 e. The molecule has 37 heavy (non-hydrogen) atoms. The van der Waals surface area contributed by atoms with Gasteiger partial charge in [0.25, 0.3) is 0 Å². The molecule has 0 amide bonds. The van der Waals surface area contributed by atoms with Gasteiger partial charge in [0, 0.05) is 30.6 Å². The van der Waals surface area contributed by atoms with E-state index < -0.39 is 11.4 Å². The molecule has 0 aliphatic rings. The van der Waals surface area contributed by atoms with Gasteiger partial charge < -0.3 is 25.0 Å². The van der Waals surface area contributed by atoms with Gasteiger partial charge in [0.15, 0.2) is 27.9 Å². The van der Waals surface area contributed by atoms with Crippen molar-refractivity contribution in [1.29, 1.82) is 0 Å². The molecular formula is C28H44N2O5S2. The Morgan fingerprint density at radius 2 is 1.22 bits per heavy atom. The lowest BCUT2D eigenvalue weighted by Gasteiger charge is -2.28. The molecule has 0 saturated carbocycles. The maximum absolute atomic E-state index is 13.5. The molecule has 4 N–H and O–H groups in total. The minimum absolute atomic E-state index is 0.141. The lowest BCUT2D eigenvalue weighted by atomic mass is 10.1. The van der Waals surface area contributed by atoms with E-state index in [1.165, 1.54) is 62.3 Å². The highest BCUT2D eigenvalue weighted by molar-refractivity contribution is 7.97. The molecule has 1 unspecified atom stereocenters. The maximum Gasteiger partial charge on any atom is 0.178 e. The first-order valence-corrected chi connectivity index (χ1v) is 15.4. The molecule has 0 fully saturated rings. The molecule has 0 bridgehead atoms. The predicted octanol–water partition coefficient (Wildman–Crippen LogP) is 6.78. The lowest BCUT2D eigenvalue weighted by molar-refractivity contribution is 0.349. The van der Waals surface area contributed by atoms with Gasteiger partial charge in [0.05, 0.1) is 17.9 Å². The van der Waals surface area contributed by atoms with Gasteiger partial charge in [-0.1, -0.05) is 65.2 Å². The standard InChI is InChI=1S/C28H44N2O5S2/c1-3-5-7-9-11-17-29(36-23-13-15-25(31)27(33)21-23)19-20-30(18-12-10-8-6-4-2)37(35)24-14-16-26(32)28(34)22-24/h13-16,21-22,31-34H,3-12,17-20H2,1-2H3. The molecule has 1 atom stereocenters. The third-order valence-electron chi connectivity index (χ3n) is 6.19. The second-order valence-corrected chi connectivity index (χ2v) is 12.0. The third kappa shape index (κ3) is 11.7. The number of benzene rings is 2. The Bertz CT molecular complexity index is 918. The van der Waals surface area contributed by atoms with Gasteiger partial charge in [-0.3, -0.25) is 0 Å². The lowest BCUT2D eigenvalue weighted by Crippen LogP contribution is -2.38. The number of hydrogen-bond donors (Lipinski definition) is 4. The Morgan fingerprint density at radius 3 is 1.81 bits per heavy atom. The van der Waals surface area contributed by atoms with Gasteiger partial charge in [-0.05, 0) is 55.1 Å². The van der Waals surface area contributed by atoms with E-state index in [2.05, 4.69) is 18.2 Å². The van der Waals surface area contributed by atoms with Gasteiger partial charge in [-0.25, -0.2) is 4.31 Å². The van der Waals surface area contributed by atoms with Crippen LogP contribution in [0.15, 0.2) is 46.2 Å². The van der Waals surface area contributed by atoms with Crippen molar-refractivity contribution in [3.05, 3.63) is 36.4 Å².